The number of hydrogen-bond donors (Lipinski definition) is 1. The molecular formula is C16H13N5. The first-order chi connectivity index (χ1) is 10.3. The molecule has 3 aromatic heterocycles. The molecule has 1 aromatic carbocycles. The normalized spacial score (nSPS) is 11.2. The van der Waals surface area contributed by atoms with Crippen molar-refractivity contribution in [1.82, 2.24) is 19.5 Å². The first kappa shape index (κ1) is 11.8. The van der Waals surface area contributed by atoms with Crippen LogP contribution >= 0.6 is 0 Å². The number of pyridine rings is 2. The van der Waals surface area contributed by atoms with Crippen LogP contribution in [0.4, 0.5) is 5.95 Å². The van der Waals surface area contributed by atoms with Gasteiger partial charge in [0, 0.05) is 17.8 Å². The standard InChI is InChI=1S/C16H13N5/c17-16-20-13-9-18-8-6-14(13)21(16)10-12-4-1-3-11-5-2-7-19-15(11)12/h1-9H,10H2,(H2,17,20). The maximum atomic E-state index is 6.05. The maximum Gasteiger partial charge on any atom is 0.201 e. The summed E-state index contributed by atoms with van der Waals surface area (Å²) in [6, 6.07) is 12.1. The molecule has 102 valence electrons. The van der Waals surface area contributed by atoms with Crippen LogP contribution in [0.1, 0.15) is 5.56 Å². The molecule has 0 bridgehead atoms. The van der Waals surface area contributed by atoms with Crippen molar-refractivity contribution in [3.05, 3.63) is 60.6 Å². The number of benzene rings is 1. The zero-order valence-electron chi connectivity index (χ0n) is 11.3. The van der Waals surface area contributed by atoms with E-state index in [4.69, 9.17) is 5.73 Å². The molecule has 0 saturated heterocycles. The van der Waals surface area contributed by atoms with Gasteiger partial charge in [0.25, 0.3) is 0 Å². The van der Waals surface area contributed by atoms with Crippen LogP contribution in [0.2, 0.25) is 0 Å². The molecule has 0 radical (unpaired) electrons. The first-order valence-electron chi connectivity index (χ1n) is 6.71. The fourth-order valence-electron chi connectivity index (χ4n) is 2.63. The predicted octanol–water partition coefficient (Wildman–Crippen LogP) is 2.61. The molecule has 2 N–H and O–H groups in total. The molecule has 0 saturated carbocycles. The van der Waals surface area contributed by atoms with Crippen molar-refractivity contribution in [2.24, 2.45) is 0 Å². The van der Waals surface area contributed by atoms with Crippen LogP contribution in [0.5, 0.6) is 0 Å². The highest BCUT2D eigenvalue weighted by atomic mass is 15.2. The van der Waals surface area contributed by atoms with Crippen molar-refractivity contribution in [2.45, 2.75) is 6.54 Å². The second-order valence-electron chi connectivity index (χ2n) is 4.91. The molecule has 0 unspecified atom stereocenters. The summed E-state index contributed by atoms with van der Waals surface area (Å²) in [5, 5.41) is 1.12. The highest BCUT2D eigenvalue weighted by molar-refractivity contribution is 5.82. The van der Waals surface area contributed by atoms with Crippen molar-refractivity contribution in [2.75, 3.05) is 5.73 Å². The SMILES string of the molecule is Nc1nc2cnccc2n1Cc1cccc2cccnc12. The Kier molecular flexibility index (Phi) is 2.57. The van der Waals surface area contributed by atoms with E-state index in [1.165, 1.54) is 0 Å². The molecule has 0 fully saturated rings. The number of nitrogens with two attached hydrogens (primary N) is 1. The summed E-state index contributed by atoms with van der Waals surface area (Å²) in [7, 11) is 0. The van der Waals surface area contributed by atoms with Gasteiger partial charge in [-0.15, -0.1) is 0 Å². The van der Waals surface area contributed by atoms with Gasteiger partial charge in [-0.3, -0.25) is 9.97 Å². The van der Waals surface area contributed by atoms with Crippen LogP contribution in [0, 0.1) is 0 Å². The monoisotopic (exact) mass is 275 g/mol. The van der Waals surface area contributed by atoms with Crippen LogP contribution in [-0.4, -0.2) is 19.5 Å². The molecule has 3 heterocycles. The van der Waals surface area contributed by atoms with Gasteiger partial charge in [0.2, 0.25) is 5.95 Å². The highest BCUT2D eigenvalue weighted by Gasteiger charge is 2.10. The first-order valence-corrected chi connectivity index (χ1v) is 6.71. The van der Waals surface area contributed by atoms with E-state index in [9.17, 15) is 0 Å². The van der Waals surface area contributed by atoms with Gasteiger partial charge < -0.3 is 10.3 Å². The average Bonchev–Trinajstić information content (AvgIpc) is 2.84. The minimum absolute atomic E-state index is 0.492. The molecule has 0 atom stereocenters. The largest absolute Gasteiger partial charge is 0.369 e. The Morgan fingerprint density at radius 2 is 1.95 bits per heavy atom. The smallest absolute Gasteiger partial charge is 0.201 e. The molecule has 5 nitrogen and oxygen atoms in total. The Labute approximate surface area is 121 Å². The third-order valence-electron chi connectivity index (χ3n) is 3.62. The van der Waals surface area contributed by atoms with Crippen LogP contribution < -0.4 is 5.73 Å². The summed E-state index contributed by atoms with van der Waals surface area (Å²) in [6.45, 7) is 0.640. The molecule has 0 aliphatic rings. The van der Waals surface area contributed by atoms with E-state index in [-0.39, 0.29) is 0 Å². The predicted molar refractivity (Wildman–Crippen MR) is 82.8 cm³/mol. The van der Waals surface area contributed by atoms with E-state index in [0.717, 1.165) is 27.5 Å². The summed E-state index contributed by atoms with van der Waals surface area (Å²) >= 11 is 0. The summed E-state index contributed by atoms with van der Waals surface area (Å²) in [4.78, 5) is 12.9. The second kappa shape index (κ2) is 4.56. The fraction of sp³-hybridized carbons (Fsp3) is 0.0625. The number of nitrogen functional groups attached to an aromatic ring is 1. The summed E-state index contributed by atoms with van der Waals surface area (Å²) in [6.07, 6.45) is 5.29. The van der Waals surface area contributed by atoms with Gasteiger partial charge in [-0.25, -0.2) is 4.98 Å². The van der Waals surface area contributed by atoms with Gasteiger partial charge >= 0.3 is 0 Å². The lowest BCUT2D eigenvalue weighted by Gasteiger charge is -2.09. The van der Waals surface area contributed by atoms with E-state index >= 15 is 0 Å². The Morgan fingerprint density at radius 3 is 2.90 bits per heavy atom. The summed E-state index contributed by atoms with van der Waals surface area (Å²) in [5.74, 6) is 0.492. The van der Waals surface area contributed by atoms with Crippen LogP contribution in [0.25, 0.3) is 21.9 Å². The molecule has 0 aliphatic carbocycles. The van der Waals surface area contributed by atoms with Gasteiger partial charge in [0.05, 0.1) is 23.8 Å². The quantitative estimate of drug-likeness (QED) is 0.610. The minimum atomic E-state index is 0.492. The van der Waals surface area contributed by atoms with E-state index in [1.807, 2.05) is 29.0 Å². The summed E-state index contributed by atoms with van der Waals surface area (Å²) in [5.41, 5.74) is 9.96. The van der Waals surface area contributed by atoms with Crippen molar-refractivity contribution >= 4 is 27.9 Å². The fourth-order valence-corrected chi connectivity index (χ4v) is 2.63. The van der Waals surface area contributed by atoms with Gasteiger partial charge in [-0.1, -0.05) is 24.3 Å². The van der Waals surface area contributed by atoms with E-state index < -0.39 is 0 Å². The van der Waals surface area contributed by atoms with Crippen molar-refractivity contribution in [3.8, 4) is 0 Å². The van der Waals surface area contributed by atoms with Gasteiger partial charge in [-0.05, 0) is 17.7 Å². The molecular weight excluding hydrogens is 262 g/mol. The molecule has 4 rings (SSSR count). The second-order valence-corrected chi connectivity index (χ2v) is 4.91. The number of imidazole rings is 1. The van der Waals surface area contributed by atoms with Crippen LogP contribution in [-0.2, 0) is 6.54 Å². The van der Waals surface area contributed by atoms with Crippen molar-refractivity contribution in [1.29, 1.82) is 0 Å². The Balaban J connectivity index is 1.89. The molecule has 0 aliphatic heterocycles. The number of para-hydroxylation sites is 1. The van der Waals surface area contributed by atoms with Crippen molar-refractivity contribution in [3.63, 3.8) is 0 Å². The zero-order chi connectivity index (χ0) is 14.2. The molecule has 4 aromatic rings. The highest BCUT2D eigenvalue weighted by Crippen LogP contribution is 2.22. The Hall–Kier alpha value is -2.95. The van der Waals surface area contributed by atoms with Gasteiger partial charge in [0.15, 0.2) is 0 Å². The lowest BCUT2D eigenvalue weighted by atomic mass is 10.1. The third-order valence-corrected chi connectivity index (χ3v) is 3.62. The number of anilines is 1. The zero-order valence-corrected chi connectivity index (χ0v) is 11.3. The lowest BCUT2D eigenvalue weighted by Crippen LogP contribution is -2.05. The minimum Gasteiger partial charge on any atom is -0.369 e. The van der Waals surface area contributed by atoms with Gasteiger partial charge in [-0.2, -0.15) is 0 Å². The Morgan fingerprint density at radius 1 is 1.05 bits per heavy atom. The topological polar surface area (TPSA) is 69.6 Å². The van der Waals surface area contributed by atoms with Crippen molar-refractivity contribution < 1.29 is 0 Å². The van der Waals surface area contributed by atoms with Gasteiger partial charge in [0.1, 0.15) is 5.52 Å². The van der Waals surface area contributed by atoms with E-state index in [2.05, 4.69) is 33.2 Å². The summed E-state index contributed by atoms with van der Waals surface area (Å²) < 4.78 is 1.99. The maximum absolute atomic E-state index is 6.05. The average molecular weight is 275 g/mol. The molecule has 5 heteroatoms. The van der Waals surface area contributed by atoms with E-state index in [0.29, 0.717) is 12.5 Å². The van der Waals surface area contributed by atoms with Crippen LogP contribution in [0.15, 0.2) is 55.0 Å². The molecule has 21 heavy (non-hydrogen) atoms. The number of fused-ring (bicyclic) bond motifs is 2. The number of nitrogens with zero attached hydrogens (tertiary/aromatic N) is 4. The lowest BCUT2D eigenvalue weighted by molar-refractivity contribution is 0.842. The van der Waals surface area contributed by atoms with Crippen LogP contribution in [0.3, 0.4) is 0 Å². The van der Waals surface area contributed by atoms with E-state index in [1.54, 1.807) is 12.4 Å². The molecule has 0 amide bonds. The molecule has 0 spiro atoms. The third kappa shape index (κ3) is 1.90. The Bertz CT molecular complexity index is 936. The number of hydrogen-bond acceptors (Lipinski definition) is 4. The number of aromatic nitrogens is 4. The number of rotatable bonds is 2.